The van der Waals surface area contributed by atoms with Crippen LogP contribution >= 0.6 is 22.7 Å². The van der Waals surface area contributed by atoms with E-state index in [1.807, 2.05) is 31.7 Å². The first-order chi connectivity index (χ1) is 22.5. The van der Waals surface area contributed by atoms with Crippen molar-refractivity contribution in [2.24, 2.45) is 0 Å². The maximum Gasteiger partial charge on any atom is 0.265 e. The summed E-state index contributed by atoms with van der Waals surface area (Å²) in [6.45, 7) is 8.90. The number of nitrogens with zero attached hydrogens (tertiary/aromatic N) is 4. The van der Waals surface area contributed by atoms with Crippen LogP contribution < -0.4 is 11.1 Å². The van der Waals surface area contributed by atoms with E-state index in [0.717, 1.165) is 152 Å². The van der Waals surface area contributed by atoms with Gasteiger partial charge in [-0.3, -0.25) is 18.4 Å². The molecule has 8 aromatic rings. The highest BCUT2D eigenvalue weighted by atomic mass is 32.1. The quantitative estimate of drug-likeness (QED) is 0.124. The zero-order valence-corrected chi connectivity index (χ0v) is 28.8. The van der Waals surface area contributed by atoms with Gasteiger partial charge < -0.3 is 0 Å². The van der Waals surface area contributed by atoms with E-state index >= 15 is 9.59 Å². The molecule has 0 bridgehead atoms. The Balaban J connectivity index is 1.76. The monoisotopic (exact) mass is 648 g/mol. The molecule has 0 spiro atoms. The molecule has 6 aromatic heterocycles. The van der Waals surface area contributed by atoms with Gasteiger partial charge in [-0.05, 0) is 96.5 Å². The van der Waals surface area contributed by atoms with Crippen LogP contribution in [0.5, 0.6) is 0 Å². The van der Waals surface area contributed by atoms with Crippen LogP contribution in [0.15, 0.2) is 32.5 Å². The summed E-state index contributed by atoms with van der Waals surface area (Å²) in [6, 6.07) is 4.09. The molecule has 46 heavy (non-hydrogen) atoms. The predicted octanol–water partition coefficient (Wildman–Crippen LogP) is 9.84. The van der Waals surface area contributed by atoms with E-state index in [9.17, 15) is 0 Å². The van der Waals surface area contributed by atoms with Gasteiger partial charge in [0, 0.05) is 21.5 Å². The van der Waals surface area contributed by atoms with E-state index in [-0.39, 0.29) is 11.1 Å². The summed E-state index contributed by atoms with van der Waals surface area (Å²) in [7, 11) is 0. The Hall–Kier alpha value is -3.62. The predicted molar refractivity (Wildman–Crippen MR) is 197 cm³/mol. The van der Waals surface area contributed by atoms with E-state index in [1.54, 1.807) is 22.7 Å². The van der Waals surface area contributed by atoms with Crippen LogP contribution in [0.4, 0.5) is 0 Å². The van der Waals surface area contributed by atoms with E-state index in [2.05, 4.69) is 27.7 Å². The minimum absolute atomic E-state index is 0.00912. The van der Waals surface area contributed by atoms with Crippen molar-refractivity contribution in [1.29, 1.82) is 0 Å². The van der Waals surface area contributed by atoms with Gasteiger partial charge in [-0.25, -0.2) is 9.97 Å². The van der Waals surface area contributed by atoms with Gasteiger partial charge in [-0.2, -0.15) is 0 Å². The van der Waals surface area contributed by atoms with Crippen LogP contribution in [0.25, 0.3) is 64.3 Å². The molecule has 0 saturated carbocycles. The number of benzene rings is 2. The van der Waals surface area contributed by atoms with Crippen molar-refractivity contribution in [3.05, 3.63) is 65.9 Å². The Bertz CT molecular complexity index is 2360. The van der Waals surface area contributed by atoms with Crippen molar-refractivity contribution in [3.8, 4) is 0 Å². The fourth-order valence-corrected chi connectivity index (χ4v) is 9.52. The number of imidazole rings is 2. The van der Waals surface area contributed by atoms with Crippen LogP contribution in [0.1, 0.15) is 101 Å². The Morgan fingerprint density at radius 2 is 0.870 bits per heavy atom. The maximum atomic E-state index is 15.0. The van der Waals surface area contributed by atoms with Crippen molar-refractivity contribution < 1.29 is 0 Å². The highest BCUT2D eigenvalue weighted by Gasteiger charge is 2.31. The summed E-state index contributed by atoms with van der Waals surface area (Å²) in [5.74, 6) is 0. The zero-order valence-electron chi connectivity index (χ0n) is 27.2. The third kappa shape index (κ3) is 4.05. The summed E-state index contributed by atoms with van der Waals surface area (Å²) < 4.78 is 3.82. The van der Waals surface area contributed by atoms with Crippen LogP contribution in [-0.2, 0) is 25.7 Å². The Labute approximate surface area is 275 Å². The first kappa shape index (κ1) is 29.8. The second-order valence-corrected chi connectivity index (χ2v) is 14.7. The summed E-state index contributed by atoms with van der Waals surface area (Å²) >= 11 is 3.18. The molecule has 0 aliphatic carbocycles. The van der Waals surface area contributed by atoms with Gasteiger partial charge in [0.05, 0.1) is 21.8 Å². The molecular weight excluding hydrogens is 609 g/mol. The first-order valence-corrected chi connectivity index (χ1v) is 19.0. The number of aryl methyl sites for hydroxylation is 4. The minimum Gasteiger partial charge on any atom is -0.268 e. The minimum atomic E-state index is 0.00912. The molecule has 0 radical (unpaired) electrons. The van der Waals surface area contributed by atoms with Gasteiger partial charge in [-0.15, -0.1) is 22.7 Å². The fourth-order valence-electron chi connectivity index (χ4n) is 8.03. The molecule has 0 fully saturated rings. The van der Waals surface area contributed by atoms with Crippen LogP contribution in [0.3, 0.4) is 0 Å². The summed E-state index contributed by atoms with van der Waals surface area (Å²) in [5, 5.41) is 9.79. The van der Waals surface area contributed by atoms with Crippen LogP contribution in [0.2, 0.25) is 0 Å². The molecule has 0 atom stereocenters. The molecule has 8 heteroatoms. The highest BCUT2D eigenvalue weighted by molar-refractivity contribution is 7.17. The number of aromatic nitrogens is 4. The molecule has 6 heterocycles. The van der Waals surface area contributed by atoms with Gasteiger partial charge in [0.25, 0.3) is 11.1 Å². The molecule has 0 unspecified atom stereocenters. The smallest absolute Gasteiger partial charge is 0.265 e. The number of thiophene rings is 2. The number of rotatable bonds is 12. The lowest BCUT2D eigenvalue weighted by Crippen LogP contribution is -2.22. The normalized spacial score (nSPS) is 12.7. The first-order valence-electron chi connectivity index (χ1n) is 17.3. The fraction of sp³-hybridized carbons (Fsp3) is 0.421. The van der Waals surface area contributed by atoms with Gasteiger partial charge in [0.15, 0.2) is 0 Å². The van der Waals surface area contributed by atoms with Gasteiger partial charge in [0.2, 0.25) is 0 Å². The summed E-state index contributed by atoms with van der Waals surface area (Å²) in [5.41, 5.74) is 8.07. The SMILES string of the molecule is CCCCc1c(CCCC)c2c(=O)n3c4ccsc4nc3c3c(CCCC)c(CCCC)c4c(c1c(=O)n1c5ccsc5nc41)c23. The van der Waals surface area contributed by atoms with E-state index in [0.29, 0.717) is 0 Å². The Morgan fingerprint density at radius 1 is 0.522 bits per heavy atom. The molecule has 0 amide bonds. The second-order valence-electron chi connectivity index (χ2n) is 13.0. The molecule has 0 aliphatic rings. The third-order valence-electron chi connectivity index (χ3n) is 10.2. The molecule has 2 aromatic carbocycles. The van der Waals surface area contributed by atoms with Gasteiger partial charge in [0.1, 0.15) is 21.0 Å². The number of pyridine rings is 2. The molecule has 6 nitrogen and oxygen atoms in total. The molecule has 0 saturated heterocycles. The van der Waals surface area contributed by atoms with E-state index < -0.39 is 0 Å². The Kier molecular flexibility index (Phi) is 7.48. The van der Waals surface area contributed by atoms with Crippen LogP contribution in [0, 0.1) is 0 Å². The lowest BCUT2D eigenvalue weighted by Gasteiger charge is -2.24. The maximum absolute atomic E-state index is 15.0. The van der Waals surface area contributed by atoms with Crippen molar-refractivity contribution in [1.82, 2.24) is 18.8 Å². The van der Waals surface area contributed by atoms with Crippen molar-refractivity contribution >= 4 is 87.0 Å². The number of fused-ring (bicyclic) bond motifs is 8. The highest BCUT2D eigenvalue weighted by Crippen LogP contribution is 2.46. The van der Waals surface area contributed by atoms with Gasteiger partial charge >= 0.3 is 0 Å². The van der Waals surface area contributed by atoms with Crippen molar-refractivity contribution in [2.75, 3.05) is 0 Å². The van der Waals surface area contributed by atoms with Crippen LogP contribution in [-0.4, -0.2) is 18.8 Å². The molecular formula is C38H40N4O2S2. The van der Waals surface area contributed by atoms with E-state index in [4.69, 9.17) is 9.97 Å². The number of hydrogen-bond donors (Lipinski definition) is 0. The zero-order chi connectivity index (χ0) is 31.7. The molecule has 236 valence electrons. The summed E-state index contributed by atoms with van der Waals surface area (Å²) in [6.07, 6.45) is 11.6. The lowest BCUT2D eigenvalue weighted by atomic mass is 9.80. The Morgan fingerprint density at radius 3 is 1.22 bits per heavy atom. The molecule has 0 N–H and O–H groups in total. The standard InChI is InChI=1S/C38H40N4O2S2/c1-5-9-13-21-22(14-10-6-2)28-32-30(38(44)42-26-18-20-46-36(26)40-34(28)42)24(16-12-8-4)23(15-11-7-3)29-31(32)27(21)33-39-35-25(17-19-45-35)41(33)37(29)43/h17-20H,5-16H2,1-4H3. The molecule has 0 aliphatic heterocycles. The average molecular weight is 649 g/mol. The van der Waals surface area contributed by atoms with Gasteiger partial charge in [-0.1, -0.05) is 53.4 Å². The number of unbranched alkanes of at least 4 members (excludes halogenated alkanes) is 4. The average Bonchev–Trinajstić information content (AvgIpc) is 3.84. The molecule has 8 rings (SSSR count). The number of hydrogen-bond acceptors (Lipinski definition) is 6. The topological polar surface area (TPSA) is 68.7 Å². The lowest BCUT2D eigenvalue weighted by molar-refractivity contribution is 0.763. The third-order valence-corrected chi connectivity index (χ3v) is 11.7. The van der Waals surface area contributed by atoms with E-state index in [1.165, 1.54) is 11.1 Å². The van der Waals surface area contributed by atoms with Crippen molar-refractivity contribution in [2.45, 2.75) is 105 Å². The summed E-state index contributed by atoms with van der Waals surface area (Å²) in [4.78, 5) is 42.2. The van der Waals surface area contributed by atoms with Crippen molar-refractivity contribution in [3.63, 3.8) is 0 Å². The second kappa shape index (κ2) is 11.6. The largest absolute Gasteiger partial charge is 0.268 e.